The van der Waals surface area contributed by atoms with Gasteiger partial charge in [-0.05, 0) is 36.6 Å². The quantitative estimate of drug-likeness (QED) is 0.883. The van der Waals surface area contributed by atoms with Gasteiger partial charge in [-0.2, -0.15) is 0 Å². The third-order valence-electron chi connectivity index (χ3n) is 3.42. The number of carbonyl (C=O) groups excluding carboxylic acids is 1. The summed E-state index contributed by atoms with van der Waals surface area (Å²) in [5.74, 6) is -0.841. The van der Waals surface area contributed by atoms with Gasteiger partial charge in [-0.15, -0.1) is 0 Å². The van der Waals surface area contributed by atoms with Crippen LogP contribution in [0.3, 0.4) is 0 Å². The molecule has 5 heteroatoms. The summed E-state index contributed by atoms with van der Waals surface area (Å²) < 4.78 is 13.4. The molecule has 0 saturated carbocycles. The summed E-state index contributed by atoms with van der Waals surface area (Å²) in [5.41, 5.74) is 1.47. The van der Waals surface area contributed by atoms with E-state index in [0.29, 0.717) is 12.0 Å². The molecule has 0 aliphatic carbocycles. The molecule has 0 bridgehead atoms. The Kier molecular flexibility index (Phi) is 5.52. The average Bonchev–Trinajstić information content (AvgIpc) is 2.51. The van der Waals surface area contributed by atoms with Gasteiger partial charge in [0.15, 0.2) is 0 Å². The van der Waals surface area contributed by atoms with Crippen molar-refractivity contribution in [3.8, 4) is 0 Å². The van der Waals surface area contributed by atoms with Crippen LogP contribution in [0.4, 0.5) is 4.39 Å². The van der Waals surface area contributed by atoms with Gasteiger partial charge in [0.2, 0.25) is 0 Å². The van der Waals surface area contributed by atoms with Crippen LogP contribution in [0.1, 0.15) is 33.9 Å². The van der Waals surface area contributed by atoms with Crippen molar-refractivity contribution in [2.75, 3.05) is 6.61 Å². The van der Waals surface area contributed by atoms with Crippen molar-refractivity contribution in [1.29, 1.82) is 0 Å². The smallest absolute Gasteiger partial charge is 0.253 e. The maximum absolute atomic E-state index is 13.4. The molecular weight excluding hydrogens is 305 g/mol. The Morgan fingerprint density at radius 2 is 2.00 bits per heavy atom. The van der Waals surface area contributed by atoms with E-state index in [1.807, 2.05) is 30.3 Å². The second-order valence-electron chi connectivity index (χ2n) is 5.03. The minimum atomic E-state index is -0.448. The predicted octanol–water partition coefficient (Wildman–Crippen LogP) is 3.64. The first-order chi connectivity index (χ1) is 10.5. The van der Waals surface area contributed by atoms with E-state index in [2.05, 4.69) is 5.32 Å². The second-order valence-corrected chi connectivity index (χ2v) is 5.44. The van der Waals surface area contributed by atoms with Gasteiger partial charge in [0.1, 0.15) is 5.82 Å². The fraction of sp³-hybridized carbons (Fsp3) is 0.235. The van der Waals surface area contributed by atoms with Crippen LogP contribution in [0.5, 0.6) is 0 Å². The topological polar surface area (TPSA) is 49.3 Å². The first kappa shape index (κ1) is 16.5. The van der Waals surface area contributed by atoms with Gasteiger partial charge in [-0.25, -0.2) is 4.39 Å². The van der Waals surface area contributed by atoms with Gasteiger partial charge in [-0.3, -0.25) is 4.79 Å². The van der Waals surface area contributed by atoms with Crippen molar-refractivity contribution in [2.24, 2.45) is 0 Å². The molecule has 0 saturated heterocycles. The number of hydrogen-bond donors (Lipinski definition) is 2. The first-order valence-corrected chi connectivity index (χ1v) is 7.33. The molecule has 0 aliphatic rings. The number of aryl methyl sites for hydroxylation is 1. The molecule has 116 valence electrons. The van der Waals surface area contributed by atoms with E-state index in [-0.39, 0.29) is 23.2 Å². The normalized spacial score (nSPS) is 12.0. The number of benzene rings is 2. The van der Waals surface area contributed by atoms with Crippen LogP contribution >= 0.6 is 11.6 Å². The number of amides is 1. The van der Waals surface area contributed by atoms with Gasteiger partial charge >= 0.3 is 0 Å². The lowest BCUT2D eigenvalue weighted by Crippen LogP contribution is -2.29. The molecule has 0 radical (unpaired) electrons. The van der Waals surface area contributed by atoms with E-state index in [4.69, 9.17) is 11.6 Å². The van der Waals surface area contributed by atoms with Crippen LogP contribution in [-0.4, -0.2) is 17.6 Å². The third-order valence-corrected chi connectivity index (χ3v) is 3.73. The second kappa shape index (κ2) is 7.38. The zero-order chi connectivity index (χ0) is 16.1. The first-order valence-electron chi connectivity index (χ1n) is 6.95. The average molecular weight is 322 g/mol. The van der Waals surface area contributed by atoms with Crippen LogP contribution in [0.2, 0.25) is 5.02 Å². The minimum Gasteiger partial charge on any atom is -0.396 e. The molecule has 2 rings (SSSR count). The Morgan fingerprint density at radius 3 is 2.64 bits per heavy atom. The largest absolute Gasteiger partial charge is 0.396 e. The maximum atomic E-state index is 13.4. The molecular formula is C17H17ClFNO2. The predicted molar refractivity (Wildman–Crippen MR) is 84.5 cm³/mol. The number of aliphatic hydroxyl groups excluding tert-OH is 1. The van der Waals surface area contributed by atoms with Crippen molar-refractivity contribution in [3.05, 3.63) is 70.0 Å². The van der Waals surface area contributed by atoms with Crippen molar-refractivity contribution >= 4 is 17.5 Å². The molecule has 3 nitrogen and oxygen atoms in total. The molecule has 0 fully saturated rings. The number of carbonyl (C=O) groups is 1. The van der Waals surface area contributed by atoms with E-state index < -0.39 is 11.7 Å². The standard InChI is InChI=1S/C17H17ClFNO2/c1-11-9-13(14(18)10-15(11)19)17(22)20-16(7-8-21)12-5-3-2-4-6-12/h2-6,9-10,16,21H,7-8H2,1H3,(H,20,22). The lowest BCUT2D eigenvalue weighted by Gasteiger charge is -2.19. The van der Waals surface area contributed by atoms with E-state index in [1.54, 1.807) is 6.92 Å². The summed E-state index contributed by atoms with van der Waals surface area (Å²) >= 11 is 5.95. The fourth-order valence-corrected chi connectivity index (χ4v) is 2.44. The van der Waals surface area contributed by atoms with Crippen molar-refractivity contribution in [1.82, 2.24) is 5.32 Å². The van der Waals surface area contributed by atoms with E-state index in [9.17, 15) is 14.3 Å². The highest BCUT2D eigenvalue weighted by Crippen LogP contribution is 2.22. The summed E-state index contributed by atoms with van der Waals surface area (Å²) in [5, 5.41) is 12.1. The van der Waals surface area contributed by atoms with E-state index >= 15 is 0 Å². The lowest BCUT2D eigenvalue weighted by atomic mass is 10.0. The van der Waals surface area contributed by atoms with Gasteiger partial charge in [0.25, 0.3) is 5.91 Å². The summed E-state index contributed by atoms with van der Waals surface area (Å²) in [6.45, 7) is 1.51. The third kappa shape index (κ3) is 3.84. The molecule has 0 heterocycles. The highest BCUT2D eigenvalue weighted by Gasteiger charge is 2.18. The Bertz CT molecular complexity index is 661. The molecule has 1 amide bonds. The Hall–Kier alpha value is -1.91. The van der Waals surface area contributed by atoms with E-state index in [0.717, 1.165) is 11.6 Å². The SMILES string of the molecule is Cc1cc(C(=O)NC(CCO)c2ccccc2)c(Cl)cc1F. The highest BCUT2D eigenvalue weighted by molar-refractivity contribution is 6.33. The number of aliphatic hydroxyl groups is 1. The van der Waals surface area contributed by atoms with Crippen LogP contribution in [-0.2, 0) is 0 Å². The van der Waals surface area contributed by atoms with Crippen molar-refractivity contribution < 1.29 is 14.3 Å². The summed E-state index contributed by atoms with van der Waals surface area (Å²) in [6.07, 6.45) is 0.382. The van der Waals surface area contributed by atoms with Gasteiger partial charge in [0.05, 0.1) is 16.6 Å². The summed E-state index contributed by atoms with van der Waals surface area (Å²) in [4.78, 5) is 12.4. The zero-order valence-corrected chi connectivity index (χ0v) is 12.9. The van der Waals surface area contributed by atoms with E-state index in [1.165, 1.54) is 6.07 Å². The Morgan fingerprint density at radius 1 is 1.32 bits per heavy atom. The minimum absolute atomic E-state index is 0.0595. The zero-order valence-electron chi connectivity index (χ0n) is 12.1. The fourth-order valence-electron chi connectivity index (χ4n) is 2.20. The molecule has 2 aromatic carbocycles. The molecule has 22 heavy (non-hydrogen) atoms. The van der Waals surface area contributed by atoms with Gasteiger partial charge < -0.3 is 10.4 Å². The molecule has 0 aromatic heterocycles. The maximum Gasteiger partial charge on any atom is 0.253 e. The lowest BCUT2D eigenvalue weighted by molar-refractivity contribution is 0.0930. The summed E-state index contributed by atoms with van der Waals surface area (Å²) in [7, 11) is 0. The number of hydrogen-bond acceptors (Lipinski definition) is 2. The van der Waals surface area contributed by atoms with Crippen molar-refractivity contribution in [2.45, 2.75) is 19.4 Å². The van der Waals surface area contributed by atoms with Crippen LogP contribution in [0, 0.1) is 12.7 Å². The number of halogens is 2. The Labute approximate surface area is 133 Å². The molecule has 0 spiro atoms. The highest BCUT2D eigenvalue weighted by atomic mass is 35.5. The molecule has 0 aliphatic heterocycles. The molecule has 1 atom stereocenters. The van der Waals surface area contributed by atoms with Crippen LogP contribution < -0.4 is 5.32 Å². The number of nitrogens with one attached hydrogen (secondary N) is 1. The van der Waals surface area contributed by atoms with Crippen LogP contribution in [0.25, 0.3) is 0 Å². The molecule has 2 aromatic rings. The number of rotatable bonds is 5. The molecule has 1 unspecified atom stereocenters. The summed E-state index contributed by atoms with van der Waals surface area (Å²) in [6, 6.07) is 11.6. The van der Waals surface area contributed by atoms with Crippen LogP contribution in [0.15, 0.2) is 42.5 Å². The molecule has 2 N–H and O–H groups in total. The van der Waals surface area contributed by atoms with Gasteiger partial charge in [-0.1, -0.05) is 41.9 Å². The monoisotopic (exact) mass is 321 g/mol. The van der Waals surface area contributed by atoms with Crippen molar-refractivity contribution in [3.63, 3.8) is 0 Å². The Balaban J connectivity index is 2.24. The van der Waals surface area contributed by atoms with Gasteiger partial charge in [0, 0.05) is 6.61 Å².